The molecular weight excluding hydrogens is 509 g/mol. The lowest BCUT2D eigenvalue weighted by Gasteiger charge is -2.72. The van der Waals surface area contributed by atoms with Crippen molar-refractivity contribution >= 4 is 11.5 Å². The molecule has 0 saturated heterocycles. The average molecular weight is 564 g/mol. The van der Waals surface area contributed by atoms with E-state index in [-0.39, 0.29) is 21.9 Å². The van der Waals surface area contributed by atoms with E-state index in [1.807, 2.05) is 6.07 Å². The van der Waals surface area contributed by atoms with Gasteiger partial charge in [0.05, 0.1) is 12.7 Å². The van der Waals surface area contributed by atoms with Crippen LogP contribution in [0.4, 0.5) is 4.39 Å². The summed E-state index contributed by atoms with van der Waals surface area (Å²) in [4.78, 5) is 12.0. The number of carbonyl (C=O) groups is 1. The number of rotatable bonds is 3. The topological polar surface area (TPSA) is 52.3 Å². The molecule has 0 aromatic heterocycles. The molecule has 41 heavy (non-hydrogen) atoms. The van der Waals surface area contributed by atoms with Gasteiger partial charge in [0.15, 0.2) is 0 Å². The van der Waals surface area contributed by atoms with Gasteiger partial charge in [-0.2, -0.15) is 0 Å². The van der Waals surface area contributed by atoms with Crippen LogP contribution in [0, 0.1) is 63.0 Å². The summed E-state index contributed by atoms with van der Waals surface area (Å²) in [5, 5.41) is 0. The van der Waals surface area contributed by atoms with E-state index >= 15 is 4.39 Å². The Labute approximate surface area is 248 Å². The van der Waals surface area contributed by atoms with Gasteiger partial charge in [0.2, 0.25) is 0 Å². The van der Waals surface area contributed by atoms with Gasteiger partial charge in [-0.05, 0) is 138 Å². The van der Waals surface area contributed by atoms with Gasteiger partial charge in [-0.1, -0.05) is 60.6 Å². The van der Waals surface area contributed by atoms with Crippen LogP contribution in [0.5, 0.6) is 0 Å². The Morgan fingerprint density at radius 3 is 2.34 bits per heavy atom. The number of halogens is 1. The number of esters is 1. The first kappa shape index (κ1) is 29.4. The summed E-state index contributed by atoms with van der Waals surface area (Å²) in [5.41, 5.74) is 10.2. The Balaban J connectivity index is 1.35. The van der Waals surface area contributed by atoms with Crippen LogP contribution in [0.2, 0.25) is 0 Å². The largest absolute Gasteiger partial charge is 0.465 e. The van der Waals surface area contributed by atoms with Crippen LogP contribution in [0.15, 0.2) is 24.3 Å². The van der Waals surface area contributed by atoms with E-state index < -0.39 is 11.8 Å². The quantitative estimate of drug-likeness (QED) is 0.373. The lowest BCUT2D eigenvalue weighted by atomic mass is 9.33. The van der Waals surface area contributed by atoms with E-state index in [1.54, 1.807) is 12.1 Å². The van der Waals surface area contributed by atoms with Gasteiger partial charge in [0, 0.05) is 5.54 Å². The van der Waals surface area contributed by atoms with Crippen LogP contribution in [0.1, 0.15) is 122 Å². The van der Waals surface area contributed by atoms with Crippen LogP contribution in [-0.2, 0) is 4.74 Å². The zero-order chi connectivity index (χ0) is 29.8. The van der Waals surface area contributed by atoms with Crippen molar-refractivity contribution < 1.29 is 13.9 Å². The number of hydrogen-bond acceptors (Lipinski definition) is 3. The molecule has 0 radical (unpaired) electrons. The Bertz CT molecular complexity index is 1270. The summed E-state index contributed by atoms with van der Waals surface area (Å²) < 4.78 is 19.8. The molecule has 2 N–H and O–H groups in total. The van der Waals surface area contributed by atoms with E-state index in [0.29, 0.717) is 34.5 Å². The summed E-state index contributed by atoms with van der Waals surface area (Å²) in [7, 11) is 1.30. The zero-order valence-electron chi connectivity index (χ0n) is 26.9. The van der Waals surface area contributed by atoms with Crippen molar-refractivity contribution in [1.82, 2.24) is 0 Å². The molecule has 1 aromatic rings. The number of nitrogens with two attached hydrogens (primary N) is 1. The predicted molar refractivity (Wildman–Crippen MR) is 165 cm³/mol. The highest BCUT2D eigenvalue weighted by Gasteiger charge is 2.70. The molecule has 5 aliphatic carbocycles. The fourth-order valence-electron chi connectivity index (χ4n) is 12.5. The minimum atomic E-state index is -0.624. The summed E-state index contributed by atoms with van der Waals surface area (Å²) >= 11 is 0. The summed E-state index contributed by atoms with van der Waals surface area (Å²) in [6.07, 6.45) is 13.6. The third-order valence-electron chi connectivity index (χ3n) is 14.7. The Morgan fingerprint density at radius 2 is 1.68 bits per heavy atom. The van der Waals surface area contributed by atoms with Gasteiger partial charge in [-0.25, -0.2) is 9.18 Å². The lowest BCUT2D eigenvalue weighted by Crippen LogP contribution is -2.67. The van der Waals surface area contributed by atoms with Crippen molar-refractivity contribution in [1.29, 1.82) is 0 Å². The molecule has 4 saturated carbocycles. The maximum atomic E-state index is 15.0. The molecular formula is C37H54FNO2. The summed E-state index contributed by atoms with van der Waals surface area (Å²) in [6, 6.07) is 5.06. The Morgan fingerprint density at radius 1 is 0.951 bits per heavy atom. The number of fused-ring (bicyclic) bond motifs is 7. The van der Waals surface area contributed by atoms with E-state index in [2.05, 4.69) is 54.5 Å². The fourth-order valence-corrected chi connectivity index (χ4v) is 12.5. The number of allylic oxidation sites excluding steroid dienone is 2. The number of ether oxygens (including phenoxy) is 1. The number of carbonyl (C=O) groups excluding carboxylic acids is 1. The van der Waals surface area contributed by atoms with Crippen LogP contribution in [0.3, 0.4) is 0 Å². The maximum Gasteiger partial charge on any atom is 0.340 e. The van der Waals surface area contributed by atoms with Crippen molar-refractivity contribution in [2.24, 2.45) is 62.9 Å². The monoisotopic (exact) mass is 563 g/mol. The van der Waals surface area contributed by atoms with Crippen molar-refractivity contribution in [2.45, 2.75) is 112 Å². The second-order valence-electron chi connectivity index (χ2n) is 16.6. The van der Waals surface area contributed by atoms with Crippen molar-refractivity contribution in [3.05, 3.63) is 41.2 Å². The number of hydrogen-bond donors (Lipinski definition) is 1. The van der Waals surface area contributed by atoms with Crippen molar-refractivity contribution in [3.63, 3.8) is 0 Å². The van der Waals surface area contributed by atoms with Crippen molar-refractivity contribution in [3.8, 4) is 0 Å². The molecule has 6 rings (SSSR count). The Kier molecular flexibility index (Phi) is 6.74. The third-order valence-corrected chi connectivity index (χ3v) is 14.7. The molecule has 4 fully saturated rings. The molecule has 4 heteroatoms. The number of methoxy groups -OCH3 is 1. The van der Waals surface area contributed by atoms with Crippen molar-refractivity contribution in [2.75, 3.05) is 7.11 Å². The molecule has 1 aromatic carbocycles. The van der Waals surface area contributed by atoms with E-state index in [9.17, 15) is 4.79 Å². The molecule has 0 amide bonds. The molecule has 0 spiro atoms. The van der Waals surface area contributed by atoms with Gasteiger partial charge >= 0.3 is 5.97 Å². The molecule has 0 unspecified atom stereocenters. The van der Waals surface area contributed by atoms with Gasteiger partial charge in [-0.15, -0.1) is 0 Å². The predicted octanol–water partition coefficient (Wildman–Crippen LogP) is 9.05. The van der Waals surface area contributed by atoms with Gasteiger partial charge in [0.1, 0.15) is 5.82 Å². The molecule has 3 nitrogen and oxygen atoms in total. The lowest BCUT2D eigenvalue weighted by molar-refractivity contribution is -0.219. The molecule has 0 heterocycles. The van der Waals surface area contributed by atoms with Crippen LogP contribution in [0.25, 0.3) is 5.57 Å². The highest BCUT2D eigenvalue weighted by atomic mass is 19.1. The second kappa shape index (κ2) is 9.41. The Hall–Kier alpha value is -1.68. The van der Waals surface area contributed by atoms with Crippen LogP contribution in [-0.4, -0.2) is 18.6 Å². The van der Waals surface area contributed by atoms with E-state index in [1.165, 1.54) is 64.0 Å². The van der Waals surface area contributed by atoms with Gasteiger partial charge in [0.25, 0.3) is 0 Å². The SMILES string of the molecule is COC(=O)c1ccc(C2=CC[C@]3(C)[C@H]4CC[C@@H]5[C@H]6[C@H](C(C)C)CC[C@]6(N)CC[C@@]5(C)[C@]4(C)CC[C@H]3C2(C)C)cc1F. The first-order valence-electron chi connectivity index (χ1n) is 16.5. The molecule has 5 aliphatic rings. The van der Waals surface area contributed by atoms with Gasteiger partial charge < -0.3 is 10.5 Å². The number of benzene rings is 1. The molecule has 9 atom stereocenters. The minimum absolute atomic E-state index is 0.00434. The normalized spacial score (nSPS) is 44.8. The summed E-state index contributed by atoms with van der Waals surface area (Å²) in [6.45, 7) is 17.6. The van der Waals surface area contributed by atoms with Gasteiger partial charge in [-0.3, -0.25) is 0 Å². The smallest absolute Gasteiger partial charge is 0.340 e. The highest BCUT2D eigenvalue weighted by molar-refractivity contribution is 5.90. The standard InChI is InChI=1S/C37H54FNO2/c1-22(2)24-13-18-37(39)20-19-35(6)27(31(24)37)11-12-30-34(5)16-14-26(33(3,4)29(34)15-17-36(30,35)7)23-9-10-25(28(38)21-23)32(40)41-8/h9-10,14,21-22,24,27,29-31H,11-13,15-20,39H2,1-8H3/t24-,27+,29-,30+,31+,34-,35+,36+,37-/m0/s1. The fraction of sp³-hybridized carbons (Fsp3) is 0.757. The van der Waals surface area contributed by atoms with E-state index in [4.69, 9.17) is 10.5 Å². The third kappa shape index (κ3) is 3.87. The highest BCUT2D eigenvalue weighted by Crippen LogP contribution is 2.76. The zero-order valence-corrected chi connectivity index (χ0v) is 26.9. The summed E-state index contributed by atoms with van der Waals surface area (Å²) in [5.74, 6) is 2.96. The molecule has 226 valence electrons. The van der Waals surface area contributed by atoms with Crippen LogP contribution >= 0.6 is 0 Å². The first-order chi connectivity index (χ1) is 19.1. The molecule has 0 aliphatic heterocycles. The minimum Gasteiger partial charge on any atom is -0.465 e. The molecule has 0 bridgehead atoms. The first-order valence-corrected chi connectivity index (χ1v) is 16.5. The average Bonchev–Trinajstić information content (AvgIpc) is 3.26. The van der Waals surface area contributed by atoms with E-state index in [0.717, 1.165) is 23.8 Å². The second-order valence-corrected chi connectivity index (χ2v) is 16.6. The van der Waals surface area contributed by atoms with Crippen LogP contribution < -0.4 is 5.73 Å². The maximum absolute atomic E-state index is 15.0.